The van der Waals surface area contributed by atoms with Crippen LogP contribution < -0.4 is 5.32 Å². The third-order valence-corrected chi connectivity index (χ3v) is 2.13. The Morgan fingerprint density at radius 2 is 2.54 bits per heavy atom. The number of hydrogen-bond acceptors (Lipinski definition) is 4. The molecule has 0 aromatic carbocycles. The van der Waals surface area contributed by atoms with E-state index in [2.05, 4.69) is 20.5 Å². The number of aromatic nitrogens is 3. The molecule has 1 aromatic rings. The van der Waals surface area contributed by atoms with Gasteiger partial charge in [-0.2, -0.15) is 0 Å². The summed E-state index contributed by atoms with van der Waals surface area (Å²) in [5, 5.41) is 11.0. The summed E-state index contributed by atoms with van der Waals surface area (Å²) in [4.78, 5) is 4.31. The van der Waals surface area contributed by atoms with E-state index in [9.17, 15) is 0 Å². The third-order valence-electron chi connectivity index (χ3n) is 2.13. The average Bonchev–Trinajstić information content (AvgIpc) is 2.72. The Bertz CT molecular complexity index is 314. The minimum atomic E-state index is 0.718. The van der Waals surface area contributed by atoms with E-state index in [0.29, 0.717) is 0 Å². The van der Waals surface area contributed by atoms with Crippen molar-refractivity contribution in [2.75, 3.05) is 6.54 Å². The van der Waals surface area contributed by atoms with E-state index in [-0.39, 0.29) is 0 Å². The zero-order valence-electron chi connectivity index (χ0n) is 7.69. The molecule has 1 aromatic heterocycles. The van der Waals surface area contributed by atoms with Gasteiger partial charge in [0, 0.05) is 20.0 Å². The molecular weight excluding hydrogens is 166 g/mol. The van der Waals surface area contributed by atoms with Crippen LogP contribution in [0.25, 0.3) is 0 Å². The summed E-state index contributed by atoms with van der Waals surface area (Å²) in [6.07, 6.45) is 3.94. The predicted molar refractivity (Wildman–Crippen MR) is 49.4 cm³/mol. The zero-order valence-corrected chi connectivity index (χ0v) is 7.69. The molecule has 1 N–H and O–H groups in total. The Morgan fingerprint density at radius 3 is 3.15 bits per heavy atom. The normalized spacial score (nSPS) is 15.9. The molecule has 13 heavy (non-hydrogen) atoms. The molecule has 0 atom stereocenters. The lowest BCUT2D eigenvalue weighted by molar-refractivity contribution is 0.744. The number of rotatable bonds is 2. The highest BCUT2D eigenvalue weighted by Gasteiger charge is 2.06. The molecule has 2 heterocycles. The van der Waals surface area contributed by atoms with Crippen molar-refractivity contribution in [1.29, 1.82) is 0 Å². The van der Waals surface area contributed by atoms with Gasteiger partial charge in [-0.3, -0.25) is 4.99 Å². The van der Waals surface area contributed by atoms with Crippen LogP contribution in [0.1, 0.15) is 18.7 Å². The SMILES string of the molecule is Cn1cnnc1CNC1=NCCC1. The molecular formula is C8H13N5. The van der Waals surface area contributed by atoms with Gasteiger partial charge in [0.25, 0.3) is 0 Å². The molecule has 5 heteroatoms. The van der Waals surface area contributed by atoms with Crippen molar-refractivity contribution in [3.05, 3.63) is 12.2 Å². The fraction of sp³-hybridized carbons (Fsp3) is 0.625. The van der Waals surface area contributed by atoms with E-state index >= 15 is 0 Å². The summed E-state index contributed by atoms with van der Waals surface area (Å²) >= 11 is 0. The molecule has 1 aliphatic heterocycles. The van der Waals surface area contributed by atoms with Gasteiger partial charge in [-0.15, -0.1) is 10.2 Å². The first-order chi connectivity index (χ1) is 6.36. The monoisotopic (exact) mass is 179 g/mol. The molecule has 0 saturated carbocycles. The number of hydrogen-bond donors (Lipinski definition) is 1. The second-order valence-corrected chi connectivity index (χ2v) is 3.14. The summed E-state index contributed by atoms with van der Waals surface area (Å²) in [6, 6.07) is 0. The molecule has 0 saturated heterocycles. The van der Waals surface area contributed by atoms with Crippen molar-refractivity contribution in [1.82, 2.24) is 20.1 Å². The summed E-state index contributed by atoms with van der Waals surface area (Å²) in [7, 11) is 1.94. The van der Waals surface area contributed by atoms with Crippen LogP contribution in [0, 0.1) is 0 Å². The summed E-state index contributed by atoms with van der Waals surface area (Å²) < 4.78 is 1.91. The standard InChI is InChI=1S/C8H13N5/c1-13-6-11-12-8(13)5-10-7-3-2-4-9-7/h6H,2-5H2,1H3,(H,9,10). The highest BCUT2D eigenvalue weighted by Crippen LogP contribution is 2.01. The average molecular weight is 179 g/mol. The number of amidine groups is 1. The van der Waals surface area contributed by atoms with Gasteiger partial charge in [0.2, 0.25) is 0 Å². The Morgan fingerprint density at radius 1 is 1.62 bits per heavy atom. The van der Waals surface area contributed by atoms with Gasteiger partial charge in [-0.05, 0) is 6.42 Å². The summed E-state index contributed by atoms with van der Waals surface area (Å²) in [5.41, 5.74) is 0. The van der Waals surface area contributed by atoms with Crippen molar-refractivity contribution in [3.63, 3.8) is 0 Å². The van der Waals surface area contributed by atoms with Crippen LogP contribution in [0.3, 0.4) is 0 Å². The van der Waals surface area contributed by atoms with Crippen LogP contribution in [0.4, 0.5) is 0 Å². The van der Waals surface area contributed by atoms with Gasteiger partial charge in [-0.25, -0.2) is 0 Å². The lowest BCUT2D eigenvalue weighted by Crippen LogP contribution is -2.22. The molecule has 70 valence electrons. The van der Waals surface area contributed by atoms with Crippen LogP contribution in [-0.4, -0.2) is 27.1 Å². The van der Waals surface area contributed by atoms with Crippen LogP contribution in [0.15, 0.2) is 11.3 Å². The summed E-state index contributed by atoms with van der Waals surface area (Å²) in [5.74, 6) is 2.04. The van der Waals surface area contributed by atoms with Crippen molar-refractivity contribution in [3.8, 4) is 0 Å². The topological polar surface area (TPSA) is 55.1 Å². The highest BCUT2D eigenvalue weighted by atomic mass is 15.3. The van der Waals surface area contributed by atoms with E-state index < -0.39 is 0 Å². The second kappa shape index (κ2) is 3.55. The Labute approximate surface area is 76.9 Å². The predicted octanol–water partition coefficient (Wildman–Crippen LogP) is 0.0970. The minimum Gasteiger partial charge on any atom is -0.367 e. The van der Waals surface area contributed by atoms with E-state index in [4.69, 9.17) is 0 Å². The third kappa shape index (κ3) is 1.85. The number of nitrogens with zero attached hydrogens (tertiary/aromatic N) is 4. The lowest BCUT2D eigenvalue weighted by Gasteiger charge is -2.03. The molecule has 0 spiro atoms. The van der Waals surface area contributed by atoms with Crippen molar-refractivity contribution >= 4 is 5.84 Å². The first kappa shape index (κ1) is 8.22. The first-order valence-corrected chi connectivity index (χ1v) is 4.46. The Hall–Kier alpha value is -1.39. The molecule has 0 radical (unpaired) electrons. The smallest absolute Gasteiger partial charge is 0.151 e. The van der Waals surface area contributed by atoms with Gasteiger partial charge in [0.15, 0.2) is 5.82 Å². The maximum atomic E-state index is 4.31. The fourth-order valence-corrected chi connectivity index (χ4v) is 1.33. The number of aryl methyl sites for hydroxylation is 1. The molecule has 2 rings (SSSR count). The zero-order chi connectivity index (χ0) is 9.10. The van der Waals surface area contributed by atoms with Gasteiger partial charge < -0.3 is 9.88 Å². The van der Waals surface area contributed by atoms with Crippen LogP contribution in [-0.2, 0) is 13.6 Å². The quantitative estimate of drug-likeness (QED) is 0.700. The first-order valence-electron chi connectivity index (χ1n) is 4.46. The van der Waals surface area contributed by atoms with Crippen LogP contribution in [0.5, 0.6) is 0 Å². The fourth-order valence-electron chi connectivity index (χ4n) is 1.33. The summed E-state index contributed by atoms with van der Waals surface area (Å²) in [6.45, 7) is 1.68. The Balaban J connectivity index is 1.89. The molecule has 1 aliphatic rings. The van der Waals surface area contributed by atoms with Crippen LogP contribution >= 0.6 is 0 Å². The minimum absolute atomic E-state index is 0.718. The van der Waals surface area contributed by atoms with Gasteiger partial charge in [0.05, 0.1) is 12.4 Å². The number of aliphatic imine (C=N–C) groups is 1. The molecule has 0 fully saturated rings. The van der Waals surface area contributed by atoms with Gasteiger partial charge in [-0.1, -0.05) is 0 Å². The van der Waals surface area contributed by atoms with E-state index in [1.54, 1.807) is 6.33 Å². The lowest BCUT2D eigenvalue weighted by atomic mass is 10.3. The molecule has 5 nitrogen and oxygen atoms in total. The maximum absolute atomic E-state index is 4.31. The number of nitrogens with one attached hydrogen (secondary N) is 1. The van der Waals surface area contributed by atoms with Crippen molar-refractivity contribution in [2.24, 2.45) is 12.0 Å². The van der Waals surface area contributed by atoms with Crippen molar-refractivity contribution in [2.45, 2.75) is 19.4 Å². The van der Waals surface area contributed by atoms with Gasteiger partial charge >= 0.3 is 0 Å². The van der Waals surface area contributed by atoms with E-state index in [1.807, 2.05) is 11.6 Å². The maximum Gasteiger partial charge on any atom is 0.151 e. The van der Waals surface area contributed by atoms with E-state index in [0.717, 1.165) is 31.2 Å². The Kier molecular flexibility index (Phi) is 2.25. The molecule has 0 amide bonds. The second-order valence-electron chi connectivity index (χ2n) is 3.14. The van der Waals surface area contributed by atoms with Gasteiger partial charge in [0.1, 0.15) is 6.33 Å². The van der Waals surface area contributed by atoms with Crippen molar-refractivity contribution < 1.29 is 0 Å². The molecule has 0 aliphatic carbocycles. The molecule has 0 bridgehead atoms. The van der Waals surface area contributed by atoms with E-state index in [1.165, 1.54) is 6.42 Å². The highest BCUT2D eigenvalue weighted by molar-refractivity contribution is 5.83. The largest absolute Gasteiger partial charge is 0.367 e. The molecule has 0 unspecified atom stereocenters. The van der Waals surface area contributed by atoms with Crippen LogP contribution in [0.2, 0.25) is 0 Å².